The predicted molar refractivity (Wildman–Crippen MR) is 58.9 cm³/mol. The number of benzene rings is 1. The van der Waals surface area contributed by atoms with Gasteiger partial charge in [-0.3, -0.25) is 0 Å². The Balaban J connectivity index is 3.10. The van der Waals surface area contributed by atoms with Crippen molar-refractivity contribution in [1.29, 1.82) is 0 Å². The lowest BCUT2D eigenvalue weighted by Gasteiger charge is -2.19. The van der Waals surface area contributed by atoms with E-state index in [9.17, 15) is 0 Å². The van der Waals surface area contributed by atoms with Gasteiger partial charge in [-0.2, -0.15) is 0 Å². The van der Waals surface area contributed by atoms with Gasteiger partial charge in [0, 0.05) is 0 Å². The zero-order valence-electron chi connectivity index (χ0n) is 8.09. The summed E-state index contributed by atoms with van der Waals surface area (Å²) in [6.45, 7) is 6.72. The van der Waals surface area contributed by atoms with Crippen LogP contribution >= 0.6 is 0 Å². The lowest BCUT2D eigenvalue weighted by atomic mass is 9.86. The summed E-state index contributed by atoms with van der Waals surface area (Å²) in [7, 11) is 1.88. The van der Waals surface area contributed by atoms with Gasteiger partial charge in [-0.1, -0.05) is 50.7 Å². The molecule has 0 aliphatic rings. The molecule has 0 nitrogen and oxygen atoms in total. The van der Waals surface area contributed by atoms with Crippen molar-refractivity contribution in [3.63, 3.8) is 0 Å². The van der Waals surface area contributed by atoms with E-state index in [0.717, 1.165) is 0 Å². The van der Waals surface area contributed by atoms with Crippen molar-refractivity contribution in [2.24, 2.45) is 0 Å². The minimum Gasteiger partial charge on any atom is -0.0813 e. The summed E-state index contributed by atoms with van der Waals surface area (Å²) in [4.78, 5) is 0. The third kappa shape index (κ3) is 2.14. The Morgan fingerprint density at radius 1 is 1.25 bits per heavy atom. The molecule has 0 radical (unpaired) electrons. The first-order chi connectivity index (χ1) is 5.54. The molecule has 0 aromatic heterocycles. The maximum absolute atomic E-state index is 2.26. The zero-order chi connectivity index (χ0) is 9.19. The molecule has 0 saturated heterocycles. The first-order valence-corrected chi connectivity index (χ1v) is 5.08. The predicted octanol–water partition coefficient (Wildman–Crippen LogP) is 1.77. The lowest BCUT2D eigenvalue weighted by molar-refractivity contribution is 0.590. The summed E-state index contributed by atoms with van der Waals surface area (Å²) in [5.41, 5.74) is 5.15. The molecule has 0 saturated carbocycles. The molecule has 1 heteroatoms. The van der Waals surface area contributed by atoms with Crippen LogP contribution in [0.3, 0.4) is 0 Å². The fourth-order valence-corrected chi connectivity index (χ4v) is 1.39. The second kappa shape index (κ2) is 3.36. The number of hydrogen-bond acceptors (Lipinski definition) is 0. The van der Waals surface area contributed by atoms with Crippen LogP contribution in [0.5, 0.6) is 0 Å². The van der Waals surface area contributed by atoms with Crippen LogP contribution in [0.4, 0.5) is 0 Å². The van der Waals surface area contributed by atoms with Crippen molar-refractivity contribution < 1.29 is 0 Å². The summed E-state index contributed by atoms with van der Waals surface area (Å²) in [6, 6.07) is 8.71. The van der Waals surface area contributed by atoms with Crippen molar-refractivity contribution in [2.75, 3.05) is 0 Å². The highest BCUT2D eigenvalue weighted by molar-refractivity contribution is 6.32. The van der Waals surface area contributed by atoms with Crippen LogP contribution in [0.2, 0.25) is 0 Å². The van der Waals surface area contributed by atoms with Crippen LogP contribution < -0.4 is 0 Å². The molecule has 1 aromatic carbocycles. The molecule has 0 heterocycles. The van der Waals surface area contributed by atoms with Gasteiger partial charge in [-0.15, -0.1) is 0 Å². The average molecular weight is 176 g/mol. The first-order valence-electron chi connectivity index (χ1n) is 4.27. The van der Waals surface area contributed by atoms with Gasteiger partial charge in [0.15, 0.2) is 0 Å². The van der Waals surface area contributed by atoms with Gasteiger partial charge >= 0.3 is 0 Å². The highest BCUT2D eigenvalue weighted by atomic mass is 28.1. The molecule has 0 unspecified atom stereocenters. The van der Waals surface area contributed by atoms with E-state index in [2.05, 4.69) is 50.7 Å². The molecule has 64 valence electrons. The standard InChI is InChI=1S/C11H16Si/c1-11(2,3)10-6-4-5-9(7-10)8-12/h4-8H,12H2,1-3H3. The molecule has 0 aliphatic carbocycles. The third-order valence-corrected chi connectivity index (χ3v) is 2.46. The summed E-state index contributed by atoms with van der Waals surface area (Å²) in [5.74, 6) is 0. The van der Waals surface area contributed by atoms with Crippen molar-refractivity contribution >= 4 is 15.5 Å². The molecule has 1 aromatic rings. The van der Waals surface area contributed by atoms with E-state index in [-0.39, 0.29) is 5.41 Å². The monoisotopic (exact) mass is 176 g/mol. The zero-order valence-corrected chi connectivity index (χ0v) is 9.51. The summed E-state index contributed by atoms with van der Waals surface area (Å²) in [5, 5.41) is 0. The number of rotatable bonds is 1. The van der Waals surface area contributed by atoms with Crippen LogP contribution in [-0.2, 0) is 5.41 Å². The Morgan fingerprint density at radius 2 is 1.92 bits per heavy atom. The molecule has 0 N–H and O–H groups in total. The maximum atomic E-state index is 2.26. The topological polar surface area (TPSA) is 0 Å². The molecule has 0 amide bonds. The van der Waals surface area contributed by atoms with Crippen LogP contribution in [0.1, 0.15) is 31.9 Å². The van der Waals surface area contributed by atoms with E-state index < -0.39 is 0 Å². The highest BCUT2D eigenvalue weighted by Gasteiger charge is 2.12. The minimum atomic E-state index is 0.266. The van der Waals surface area contributed by atoms with Gasteiger partial charge in [-0.25, -0.2) is 0 Å². The van der Waals surface area contributed by atoms with Crippen molar-refractivity contribution in [3.8, 4) is 0 Å². The van der Waals surface area contributed by atoms with E-state index in [0.29, 0.717) is 0 Å². The quantitative estimate of drug-likeness (QED) is 0.572. The Hall–Kier alpha value is -0.693. The molecular weight excluding hydrogens is 160 g/mol. The average Bonchev–Trinajstić information content (AvgIpc) is 2.03. The molecule has 1 rings (SSSR count). The highest BCUT2D eigenvalue weighted by Crippen LogP contribution is 2.22. The fraction of sp³-hybridized carbons (Fsp3) is 0.364. The Morgan fingerprint density at radius 3 is 2.42 bits per heavy atom. The largest absolute Gasteiger partial charge is 0.0813 e. The smallest absolute Gasteiger partial charge is 0.0132 e. The Labute approximate surface area is 77.7 Å². The van der Waals surface area contributed by atoms with Gasteiger partial charge in [0.2, 0.25) is 0 Å². The second-order valence-electron chi connectivity index (χ2n) is 4.08. The van der Waals surface area contributed by atoms with Crippen molar-refractivity contribution in [2.45, 2.75) is 26.2 Å². The van der Waals surface area contributed by atoms with E-state index >= 15 is 0 Å². The van der Waals surface area contributed by atoms with Crippen LogP contribution in [0.25, 0.3) is 0 Å². The Bertz CT molecular complexity index is 281. The normalized spacial score (nSPS) is 11.2. The van der Waals surface area contributed by atoms with E-state index in [4.69, 9.17) is 0 Å². The molecule has 0 atom stereocenters. The van der Waals surface area contributed by atoms with Crippen LogP contribution in [0, 0.1) is 0 Å². The van der Waals surface area contributed by atoms with Crippen LogP contribution in [0.15, 0.2) is 24.3 Å². The van der Waals surface area contributed by atoms with Gasteiger partial charge in [0.05, 0.1) is 0 Å². The lowest BCUT2D eigenvalue weighted by Crippen LogP contribution is -2.11. The van der Waals surface area contributed by atoms with Gasteiger partial charge < -0.3 is 0 Å². The SMILES string of the molecule is CC(C)(C)c1cccc(C=[SiH2])c1. The van der Waals surface area contributed by atoms with Crippen molar-refractivity contribution in [3.05, 3.63) is 35.4 Å². The molecule has 0 aliphatic heterocycles. The fourth-order valence-electron chi connectivity index (χ4n) is 1.13. The van der Waals surface area contributed by atoms with Gasteiger partial charge in [0.1, 0.15) is 0 Å². The summed E-state index contributed by atoms with van der Waals surface area (Å²) < 4.78 is 0. The van der Waals surface area contributed by atoms with E-state index in [1.165, 1.54) is 11.1 Å². The van der Waals surface area contributed by atoms with E-state index in [1.54, 1.807) is 0 Å². The van der Waals surface area contributed by atoms with Gasteiger partial charge in [-0.05, 0) is 26.4 Å². The number of hydrogen-bond donors (Lipinski definition) is 0. The summed E-state index contributed by atoms with van der Waals surface area (Å²) in [6.07, 6.45) is 0. The molecule has 0 spiro atoms. The molecule has 0 fully saturated rings. The minimum absolute atomic E-state index is 0.266. The second-order valence-corrected chi connectivity index (χ2v) is 4.49. The first kappa shape index (κ1) is 9.40. The van der Waals surface area contributed by atoms with Crippen molar-refractivity contribution in [1.82, 2.24) is 0 Å². The molecular formula is C11H16Si. The summed E-state index contributed by atoms with van der Waals surface area (Å²) >= 11 is 0. The molecule has 12 heavy (non-hydrogen) atoms. The maximum Gasteiger partial charge on any atom is -0.0132 e. The third-order valence-electron chi connectivity index (χ3n) is 1.99. The van der Waals surface area contributed by atoms with E-state index in [1.807, 2.05) is 9.85 Å². The van der Waals surface area contributed by atoms with Crippen LogP contribution in [-0.4, -0.2) is 15.5 Å². The van der Waals surface area contributed by atoms with Gasteiger partial charge in [0.25, 0.3) is 0 Å². The Kier molecular flexibility index (Phi) is 2.63. The molecule has 0 bridgehead atoms.